The molecular formula is C16H20N2O7. The lowest BCUT2D eigenvalue weighted by Gasteiger charge is -2.35. The molecule has 0 unspecified atom stereocenters. The SMILES string of the molecule is COC(=O)c1ccc(OCC(=O)N2C[C@H](C)O[C@@H](C)C2)c([N+](=O)[O-])c1. The molecule has 0 spiro atoms. The highest BCUT2D eigenvalue weighted by atomic mass is 16.6. The Hall–Kier alpha value is -2.68. The van der Waals surface area contributed by atoms with Crippen LogP contribution < -0.4 is 4.74 Å². The van der Waals surface area contributed by atoms with Crippen LogP contribution in [0.4, 0.5) is 5.69 Å². The minimum absolute atomic E-state index is 0.0312. The molecule has 0 saturated carbocycles. The van der Waals surface area contributed by atoms with Gasteiger partial charge in [-0.1, -0.05) is 0 Å². The summed E-state index contributed by atoms with van der Waals surface area (Å²) in [6.07, 6.45) is -0.164. The highest BCUT2D eigenvalue weighted by Crippen LogP contribution is 2.28. The van der Waals surface area contributed by atoms with Crippen LogP contribution in [0.2, 0.25) is 0 Å². The van der Waals surface area contributed by atoms with Crippen LogP contribution in [0.15, 0.2) is 18.2 Å². The van der Waals surface area contributed by atoms with Crippen molar-refractivity contribution in [1.82, 2.24) is 4.90 Å². The van der Waals surface area contributed by atoms with Gasteiger partial charge >= 0.3 is 11.7 Å². The number of morpholine rings is 1. The highest BCUT2D eigenvalue weighted by Gasteiger charge is 2.27. The Kier molecular flexibility index (Phi) is 5.92. The van der Waals surface area contributed by atoms with Crippen LogP contribution in [0.1, 0.15) is 24.2 Å². The maximum Gasteiger partial charge on any atom is 0.338 e. The van der Waals surface area contributed by atoms with E-state index in [-0.39, 0.29) is 36.0 Å². The lowest BCUT2D eigenvalue weighted by molar-refractivity contribution is -0.385. The molecule has 0 aromatic heterocycles. The maximum atomic E-state index is 12.3. The fourth-order valence-corrected chi connectivity index (χ4v) is 2.64. The molecule has 1 aromatic rings. The van der Waals surface area contributed by atoms with Crippen LogP contribution in [0, 0.1) is 10.1 Å². The molecule has 0 radical (unpaired) electrons. The van der Waals surface area contributed by atoms with Crippen molar-refractivity contribution in [2.24, 2.45) is 0 Å². The van der Waals surface area contributed by atoms with Gasteiger partial charge in [-0.2, -0.15) is 0 Å². The molecule has 1 fully saturated rings. The van der Waals surface area contributed by atoms with Crippen molar-refractivity contribution in [2.45, 2.75) is 26.1 Å². The molecule has 1 heterocycles. The van der Waals surface area contributed by atoms with Gasteiger partial charge in [-0.05, 0) is 26.0 Å². The number of rotatable bonds is 5. The van der Waals surface area contributed by atoms with E-state index in [2.05, 4.69) is 4.74 Å². The van der Waals surface area contributed by atoms with Crippen molar-refractivity contribution in [3.8, 4) is 5.75 Å². The van der Waals surface area contributed by atoms with E-state index in [1.165, 1.54) is 19.2 Å². The van der Waals surface area contributed by atoms with Crippen LogP contribution in [0.5, 0.6) is 5.75 Å². The number of hydrogen-bond donors (Lipinski definition) is 0. The summed E-state index contributed by atoms with van der Waals surface area (Å²) in [7, 11) is 1.18. The predicted octanol–water partition coefficient (Wildman–Crippen LogP) is 1.40. The number of carbonyl (C=O) groups is 2. The number of hydrogen-bond acceptors (Lipinski definition) is 7. The van der Waals surface area contributed by atoms with Gasteiger partial charge in [-0.3, -0.25) is 14.9 Å². The van der Waals surface area contributed by atoms with Crippen molar-refractivity contribution in [3.05, 3.63) is 33.9 Å². The quantitative estimate of drug-likeness (QED) is 0.447. The van der Waals surface area contributed by atoms with Gasteiger partial charge in [-0.15, -0.1) is 0 Å². The smallest absolute Gasteiger partial charge is 0.338 e. The Morgan fingerprint density at radius 2 is 1.96 bits per heavy atom. The summed E-state index contributed by atoms with van der Waals surface area (Å²) in [6.45, 7) is 4.28. The summed E-state index contributed by atoms with van der Waals surface area (Å²) in [6, 6.07) is 3.68. The third-order valence-electron chi connectivity index (χ3n) is 3.70. The summed E-state index contributed by atoms with van der Waals surface area (Å²) in [5, 5.41) is 11.2. The predicted molar refractivity (Wildman–Crippen MR) is 86.5 cm³/mol. The largest absolute Gasteiger partial charge is 0.477 e. The van der Waals surface area contributed by atoms with Crippen molar-refractivity contribution >= 4 is 17.6 Å². The highest BCUT2D eigenvalue weighted by molar-refractivity contribution is 5.90. The number of ether oxygens (including phenoxy) is 3. The second kappa shape index (κ2) is 7.93. The van der Waals surface area contributed by atoms with Crippen LogP contribution in [0.25, 0.3) is 0 Å². The molecule has 1 aliphatic rings. The maximum absolute atomic E-state index is 12.3. The Morgan fingerprint density at radius 1 is 1.32 bits per heavy atom. The number of esters is 1. The molecule has 25 heavy (non-hydrogen) atoms. The van der Waals surface area contributed by atoms with Crippen LogP contribution in [-0.2, 0) is 14.3 Å². The fourth-order valence-electron chi connectivity index (χ4n) is 2.64. The first-order valence-electron chi connectivity index (χ1n) is 7.74. The molecule has 9 heteroatoms. The molecular weight excluding hydrogens is 332 g/mol. The number of amides is 1. The third-order valence-corrected chi connectivity index (χ3v) is 3.70. The van der Waals surface area contributed by atoms with Gasteiger partial charge in [-0.25, -0.2) is 4.79 Å². The number of methoxy groups -OCH3 is 1. The topological polar surface area (TPSA) is 108 Å². The molecule has 2 atom stereocenters. The number of nitro groups is 1. The summed E-state index contributed by atoms with van der Waals surface area (Å²) in [4.78, 5) is 35.8. The van der Waals surface area contributed by atoms with E-state index in [4.69, 9.17) is 9.47 Å². The Morgan fingerprint density at radius 3 is 2.52 bits per heavy atom. The van der Waals surface area contributed by atoms with E-state index >= 15 is 0 Å². The Balaban J connectivity index is 2.08. The summed E-state index contributed by atoms with van der Waals surface area (Å²) >= 11 is 0. The first-order valence-corrected chi connectivity index (χ1v) is 7.74. The first kappa shape index (κ1) is 18.7. The summed E-state index contributed by atoms with van der Waals surface area (Å²) in [5.41, 5.74) is -0.372. The Labute approximate surface area is 144 Å². The number of carbonyl (C=O) groups excluding carboxylic acids is 2. The zero-order chi connectivity index (χ0) is 18.6. The van der Waals surface area contributed by atoms with Gasteiger partial charge in [0.25, 0.3) is 5.91 Å². The molecule has 1 aliphatic heterocycles. The molecule has 0 N–H and O–H groups in total. The molecule has 0 bridgehead atoms. The second-order valence-electron chi connectivity index (χ2n) is 5.78. The van der Waals surface area contributed by atoms with E-state index in [9.17, 15) is 19.7 Å². The van der Waals surface area contributed by atoms with Gasteiger partial charge in [0.1, 0.15) is 0 Å². The minimum atomic E-state index is -0.693. The van der Waals surface area contributed by atoms with Gasteiger partial charge in [0, 0.05) is 19.2 Å². The first-order chi connectivity index (χ1) is 11.8. The van der Waals surface area contributed by atoms with E-state index in [1.54, 1.807) is 4.90 Å². The standard InChI is InChI=1S/C16H20N2O7/c1-10-7-17(8-11(2)25-10)15(19)9-24-14-5-4-12(16(20)23-3)6-13(14)18(21)22/h4-6,10-11H,7-9H2,1-3H3/t10-,11-/m0/s1. The van der Waals surface area contributed by atoms with Crippen LogP contribution in [-0.4, -0.2) is 60.7 Å². The zero-order valence-corrected chi connectivity index (χ0v) is 14.3. The summed E-state index contributed by atoms with van der Waals surface area (Å²) in [5.74, 6) is -1.06. The lowest BCUT2D eigenvalue weighted by atomic mass is 10.2. The van der Waals surface area contributed by atoms with Crippen molar-refractivity contribution < 1.29 is 28.7 Å². The van der Waals surface area contributed by atoms with Gasteiger partial charge in [0.2, 0.25) is 0 Å². The average molecular weight is 352 g/mol. The molecule has 1 saturated heterocycles. The molecule has 2 rings (SSSR count). The van der Waals surface area contributed by atoms with Crippen molar-refractivity contribution in [2.75, 3.05) is 26.8 Å². The van der Waals surface area contributed by atoms with E-state index in [0.717, 1.165) is 6.07 Å². The molecule has 9 nitrogen and oxygen atoms in total. The van der Waals surface area contributed by atoms with Crippen LogP contribution >= 0.6 is 0 Å². The minimum Gasteiger partial charge on any atom is -0.477 e. The van der Waals surface area contributed by atoms with Gasteiger partial charge in [0.15, 0.2) is 12.4 Å². The third kappa shape index (κ3) is 4.66. The van der Waals surface area contributed by atoms with E-state index in [1.807, 2.05) is 13.8 Å². The van der Waals surface area contributed by atoms with Crippen molar-refractivity contribution in [1.29, 1.82) is 0 Å². The molecule has 0 aliphatic carbocycles. The average Bonchev–Trinajstić information content (AvgIpc) is 2.57. The number of benzene rings is 1. The van der Waals surface area contributed by atoms with Crippen molar-refractivity contribution in [3.63, 3.8) is 0 Å². The van der Waals surface area contributed by atoms with E-state index in [0.29, 0.717) is 13.1 Å². The normalized spacial score (nSPS) is 20.0. The van der Waals surface area contributed by atoms with Gasteiger partial charge in [0.05, 0.1) is 29.8 Å². The number of nitrogens with zero attached hydrogens (tertiary/aromatic N) is 2. The van der Waals surface area contributed by atoms with Gasteiger partial charge < -0.3 is 19.1 Å². The number of nitro benzene ring substituents is 1. The van der Waals surface area contributed by atoms with E-state index < -0.39 is 16.6 Å². The zero-order valence-electron chi connectivity index (χ0n) is 14.3. The summed E-state index contributed by atoms with van der Waals surface area (Å²) < 4.78 is 15.4. The Bertz CT molecular complexity index is 666. The molecule has 1 aromatic carbocycles. The second-order valence-corrected chi connectivity index (χ2v) is 5.78. The monoisotopic (exact) mass is 352 g/mol. The molecule has 1 amide bonds. The lowest BCUT2D eigenvalue weighted by Crippen LogP contribution is -2.49. The molecule has 136 valence electrons. The fraction of sp³-hybridized carbons (Fsp3) is 0.500. The van der Waals surface area contributed by atoms with Crippen LogP contribution in [0.3, 0.4) is 0 Å².